The second kappa shape index (κ2) is 7.37. The number of rotatable bonds is 1. The van der Waals surface area contributed by atoms with Crippen LogP contribution in [0.3, 0.4) is 0 Å². The number of aromatic nitrogens is 3. The Morgan fingerprint density at radius 3 is 1.92 bits per heavy atom. The van der Waals surface area contributed by atoms with Crippen molar-refractivity contribution in [3.63, 3.8) is 0 Å². The van der Waals surface area contributed by atoms with Gasteiger partial charge in [-0.15, -0.1) is 11.3 Å². The van der Waals surface area contributed by atoms with Crippen molar-refractivity contribution in [1.82, 2.24) is 14.5 Å². The molecule has 3 aromatic heterocycles. The van der Waals surface area contributed by atoms with Crippen molar-refractivity contribution >= 4 is 85.8 Å². The van der Waals surface area contributed by atoms with Crippen LogP contribution in [0.4, 0.5) is 0 Å². The average Bonchev–Trinajstić information content (AvgIpc) is 3.51. The number of benzene rings is 6. The predicted molar refractivity (Wildman–Crippen MR) is 162 cm³/mol. The van der Waals surface area contributed by atoms with Crippen molar-refractivity contribution < 1.29 is 0 Å². The van der Waals surface area contributed by atoms with Crippen LogP contribution in [-0.2, 0) is 0 Å². The van der Waals surface area contributed by atoms with Gasteiger partial charge in [0.05, 0.1) is 21.3 Å². The van der Waals surface area contributed by atoms with E-state index in [1.807, 2.05) is 6.20 Å². The maximum absolute atomic E-state index is 4.63. The van der Waals surface area contributed by atoms with Gasteiger partial charge in [0.25, 0.3) is 0 Å². The minimum Gasteiger partial charge on any atom is -0.309 e. The zero-order valence-electron chi connectivity index (χ0n) is 20.2. The van der Waals surface area contributed by atoms with Gasteiger partial charge in [-0.1, -0.05) is 72.8 Å². The normalized spacial score (nSPS) is 12.2. The van der Waals surface area contributed by atoms with Crippen LogP contribution in [0.1, 0.15) is 0 Å². The Hall–Kier alpha value is -4.80. The van der Waals surface area contributed by atoms with Crippen LogP contribution < -0.4 is 0 Å². The van der Waals surface area contributed by atoms with E-state index in [0.717, 1.165) is 15.9 Å². The van der Waals surface area contributed by atoms with Gasteiger partial charge in [0.1, 0.15) is 6.33 Å². The van der Waals surface area contributed by atoms with Crippen LogP contribution >= 0.6 is 11.3 Å². The van der Waals surface area contributed by atoms with E-state index >= 15 is 0 Å². The van der Waals surface area contributed by atoms with Gasteiger partial charge in [0.15, 0.2) is 0 Å². The lowest BCUT2D eigenvalue weighted by Crippen LogP contribution is -1.94. The van der Waals surface area contributed by atoms with Crippen LogP contribution in [0.2, 0.25) is 0 Å². The van der Waals surface area contributed by atoms with Gasteiger partial charge in [-0.05, 0) is 62.6 Å². The zero-order chi connectivity index (χ0) is 24.8. The van der Waals surface area contributed by atoms with E-state index in [9.17, 15) is 0 Å². The van der Waals surface area contributed by atoms with Crippen molar-refractivity contribution in [3.8, 4) is 5.69 Å². The number of thiophene rings is 1. The van der Waals surface area contributed by atoms with Crippen molar-refractivity contribution in [2.75, 3.05) is 0 Å². The summed E-state index contributed by atoms with van der Waals surface area (Å²) in [5.74, 6) is 0. The SMILES string of the molecule is c1ccc2c(c1)c1ccccc1c1cc(-n3c4ccccc4c4cc5sc6cncnc6c5cc43)ccc21. The highest BCUT2D eigenvalue weighted by Crippen LogP contribution is 2.41. The third-order valence-electron chi connectivity index (χ3n) is 7.91. The van der Waals surface area contributed by atoms with Gasteiger partial charge in [0.2, 0.25) is 0 Å². The lowest BCUT2D eigenvalue weighted by molar-refractivity contribution is 1.19. The average molecular weight is 502 g/mol. The van der Waals surface area contributed by atoms with E-state index in [-0.39, 0.29) is 0 Å². The fourth-order valence-electron chi connectivity index (χ4n) is 6.29. The van der Waals surface area contributed by atoms with Crippen molar-refractivity contribution in [2.24, 2.45) is 0 Å². The summed E-state index contributed by atoms with van der Waals surface area (Å²) in [6.07, 6.45) is 3.57. The summed E-state index contributed by atoms with van der Waals surface area (Å²) in [5.41, 5.74) is 4.59. The summed E-state index contributed by atoms with van der Waals surface area (Å²) in [5, 5.41) is 11.4. The first-order chi connectivity index (χ1) is 18.8. The Balaban J connectivity index is 1.44. The van der Waals surface area contributed by atoms with Gasteiger partial charge < -0.3 is 4.57 Å². The van der Waals surface area contributed by atoms with E-state index in [1.165, 1.54) is 64.2 Å². The Morgan fingerprint density at radius 1 is 0.500 bits per heavy atom. The molecular formula is C34H19N3S. The third kappa shape index (κ3) is 2.62. The minimum absolute atomic E-state index is 1.02. The quantitative estimate of drug-likeness (QED) is 0.210. The van der Waals surface area contributed by atoms with Crippen molar-refractivity contribution in [3.05, 3.63) is 116 Å². The summed E-state index contributed by atoms with van der Waals surface area (Å²) in [6.45, 7) is 0. The fraction of sp³-hybridized carbons (Fsp3) is 0. The largest absolute Gasteiger partial charge is 0.309 e. The van der Waals surface area contributed by atoms with Crippen molar-refractivity contribution in [2.45, 2.75) is 0 Å². The maximum atomic E-state index is 4.63. The molecule has 176 valence electrons. The topological polar surface area (TPSA) is 30.7 Å². The van der Waals surface area contributed by atoms with Gasteiger partial charge in [-0.25, -0.2) is 9.97 Å². The van der Waals surface area contributed by atoms with E-state index in [2.05, 4.69) is 118 Å². The van der Waals surface area contributed by atoms with E-state index in [1.54, 1.807) is 17.7 Å². The summed E-state index contributed by atoms with van der Waals surface area (Å²) in [4.78, 5) is 8.88. The number of nitrogens with zero attached hydrogens (tertiary/aromatic N) is 3. The van der Waals surface area contributed by atoms with Gasteiger partial charge in [-0.3, -0.25) is 0 Å². The highest BCUT2D eigenvalue weighted by molar-refractivity contribution is 7.25. The lowest BCUT2D eigenvalue weighted by atomic mass is 9.94. The molecule has 6 aromatic carbocycles. The minimum atomic E-state index is 1.02. The first-order valence-electron chi connectivity index (χ1n) is 12.7. The molecule has 0 atom stereocenters. The Morgan fingerprint density at radius 2 is 1.16 bits per heavy atom. The first kappa shape index (κ1) is 20.3. The lowest BCUT2D eigenvalue weighted by Gasteiger charge is -2.13. The summed E-state index contributed by atoms with van der Waals surface area (Å²) in [7, 11) is 0. The summed E-state index contributed by atoms with van der Waals surface area (Å²) in [6, 6.07) is 37.8. The highest BCUT2D eigenvalue weighted by atomic mass is 32.1. The predicted octanol–water partition coefficient (Wildman–Crippen LogP) is 9.40. The van der Waals surface area contributed by atoms with Crippen LogP contribution in [0, 0.1) is 0 Å². The second-order valence-electron chi connectivity index (χ2n) is 9.88. The van der Waals surface area contributed by atoms with Crippen LogP contribution in [0.5, 0.6) is 0 Å². The molecule has 38 heavy (non-hydrogen) atoms. The Kier molecular flexibility index (Phi) is 3.93. The molecule has 0 radical (unpaired) electrons. The Bertz CT molecular complexity index is 2380. The third-order valence-corrected chi connectivity index (χ3v) is 8.99. The van der Waals surface area contributed by atoms with Crippen LogP contribution in [0.15, 0.2) is 116 Å². The molecule has 0 aliphatic carbocycles. The van der Waals surface area contributed by atoms with Gasteiger partial charge in [0, 0.05) is 32.7 Å². The van der Waals surface area contributed by atoms with Crippen LogP contribution in [-0.4, -0.2) is 14.5 Å². The summed E-state index contributed by atoms with van der Waals surface area (Å²) < 4.78 is 4.78. The standard InChI is InChI=1S/C34H19N3S/c1-2-9-23-21(7-1)22-8-3-4-10-24(22)27-15-20(13-14-25(23)27)37-30-12-6-5-11-26(30)28-17-32-29(16-31(28)37)34-33(38-32)18-35-19-36-34/h1-19H. The molecule has 0 spiro atoms. The second-order valence-corrected chi connectivity index (χ2v) is 11.0. The maximum Gasteiger partial charge on any atom is 0.116 e. The molecule has 0 saturated carbocycles. The zero-order valence-corrected chi connectivity index (χ0v) is 21.0. The van der Waals surface area contributed by atoms with E-state index in [4.69, 9.17) is 0 Å². The molecule has 0 saturated heterocycles. The Labute approximate surface area is 221 Å². The number of para-hydroxylation sites is 1. The van der Waals surface area contributed by atoms with E-state index < -0.39 is 0 Å². The molecule has 0 N–H and O–H groups in total. The number of hydrogen-bond acceptors (Lipinski definition) is 3. The van der Waals surface area contributed by atoms with Crippen molar-refractivity contribution in [1.29, 1.82) is 0 Å². The van der Waals surface area contributed by atoms with Crippen LogP contribution in [0.25, 0.3) is 80.1 Å². The molecule has 3 nitrogen and oxygen atoms in total. The van der Waals surface area contributed by atoms with E-state index in [0.29, 0.717) is 0 Å². The number of hydrogen-bond donors (Lipinski definition) is 0. The molecule has 0 unspecified atom stereocenters. The van der Waals surface area contributed by atoms with Gasteiger partial charge in [-0.2, -0.15) is 0 Å². The molecule has 3 heterocycles. The van der Waals surface area contributed by atoms with Gasteiger partial charge >= 0.3 is 0 Å². The molecule has 9 aromatic rings. The smallest absolute Gasteiger partial charge is 0.116 e. The molecular weight excluding hydrogens is 482 g/mol. The number of fused-ring (bicyclic) bond motifs is 12. The molecule has 9 rings (SSSR count). The monoisotopic (exact) mass is 501 g/mol. The molecule has 0 bridgehead atoms. The fourth-order valence-corrected chi connectivity index (χ4v) is 7.34. The molecule has 4 heteroatoms. The highest BCUT2D eigenvalue weighted by Gasteiger charge is 2.17. The molecule has 0 amide bonds. The molecule has 0 aliphatic heterocycles. The molecule has 0 aliphatic rings. The first-order valence-corrected chi connectivity index (χ1v) is 13.6. The summed E-state index contributed by atoms with van der Waals surface area (Å²) >= 11 is 1.76. The molecule has 0 fully saturated rings.